The van der Waals surface area contributed by atoms with Gasteiger partial charge < -0.3 is 14.6 Å². The first-order chi connectivity index (χ1) is 4.02. The summed E-state index contributed by atoms with van der Waals surface area (Å²) in [7, 11) is -4.14. The van der Waals surface area contributed by atoms with Crippen molar-refractivity contribution in [1.29, 1.82) is 0 Å². The standard InChI is InChI=1S/C4H9O4P/c1-2-4(3-5)9(6,7)8/h3-4H,2H2,1H3,(H2,6,7,8). The highest BCUT2D eigenvalue weighted by Crippen LogP contribution is 2.41. The summed E-state index contributed by atoms with van der Waals surface area (Å²) in [5.74, 6) is 0. The zero-order valence-corrected chi connectivity index (χ0v) is 5.91. The van der Waals surface area contributed by atoms with Gasteiger partial charge >= 0.3 is 7.60 Å². The number of carbonyl (C=O) groups is 1. The first kappa shape index (κ1) is 8.82. The molecule has 2 N–H and O–H groups in total. The van der Waals surface area contributed by atoms with E-state index in [1.54, 1.807) is 6.92 Å². The zero-order chi connectivity index (χ0) is 7.49. The summed E-state index contributed by atoms with van der Waals surface area (Å²) in [4.78, 5) is 26.6. The van der Waals surface area contributed by atoms with Crippen LogP contribution in [0.4, 0.5) is 0 Å². The van der Waals surface area contributed by atoms with Crippen LogP contribution in [-0.4, -0.2) is 21.7 Å². The van der Waals surface area contributed by atoms with Crippen LogP contribution in [0.15, 0.2) is 0 Å². The third kappa shape index (κ3) is 2.75. The van der Waals surface area contributed by atoms with Gasteiger partial charge in [-0.25, -0.2) is 0 Å². The first-order valence-corrected chi connectivity index (χ1v) is 4.21. The van der Waals surface area contributed by atoms with Crippen molar-refractivity contribution in [3.8, 4) is 0 Å². The third-order valence-corrected chi connectivity index (χ3v) is 2.36. The van der Waals surface area contributed by atoms with Gasteiger partial charge in [0.2, 0.25) is 0 Å². The van der Waals surface area contributed by atoms with Crippen molar-refractivity contribution in [3.63, 3.8) is 0 Å². The first-order valence-electron chi connectivity index (χ1n) is 2.53. The third-order valence-electron chi connectivity index (χ3n) is 1.01. The second kappa shape index (κ2) is 3.11. The molecule has 0 aliphatic carbocycles. The molecule has 0 saturated carbocycles. The number of hydrogen-bond acceptors (Lipinski definition) is 2. The van der Waals surface area contributed by atoms with Crippen molar-refractivity contribution in [1.82, 2.24) is 0 Å². The van der Waals surface area contributed by atoms with E-state index < -0.39 is 13.3 Å². The van der Waals surface area contributed by atoms with Crippen molar-refractivity contribution >= 4 is 13.9 Å². The lowest BCUT2D eigenvalue weighted by atomic mass is 10.4. The van der Waals surface area contributed by atoms with E-state index in [2.05, 4.69) is 0 Å². The number of aldehydes is 1. The van der Waals surface area contributed by atoms with Crippen LogP contribution in [-0.2, 0) is 9.36 Å². The van der Waals surface area contributed by atoms with Crippen LogP contribution in [0.5, 0.6) is 0 Å². The molecule has 0 saturated heterocycles. The van der Waals surface area contributed by atoms with Gasteiger partial charge in [0.15, 0.2) is 0 Å². The maximum absolute atomic E-state index is 10.3. The number of rotatable bonds is 3. The SMILES string of the molecule is CCC(C=O)P(=O)(O)O. The Morgan fingerprint density at radius 3 is 2.11 bits per heavy atom. The number of hydrogen-bond donors (Lipinski definition) is 2. The predicted molar refractivity (Wildman–Crippen MR) is 32.2 cm³/mol. The van der Waals surface area contributed by atoms with Crippen LogP contribution < -0.4 is 0 Å². The monoisotopic (exact) mass is 152 g/mol. The molecule has 1 unspecified atom stereocenters. The van der Waals surface area contributed by atoms with E-state index in [4.69, 9.17) is 9.79 Å². The van der Waals surface area contributed by atoms with Crippen LogP contribution in [0.25, 0.3) is 0 Å². The van der Waals surface area contributed by atoms with E-state index in [0.717, 1.165) is 0 Å². The topological polar surface area (TPSA) is 74.6 Å². The lowest BCUT2D eigenvalue weighted by molar-refractivity contribution is -0.107. The summed E-state index contributed by atoms with van der Waals surface area (Å²) in [5, 5.41) is 0. The van der Waals surface area contributed by atoms with Crippen LogP contribution in [0.2, 0.25) is 0 Å². The molecule has 0 bridgehead atoms. The Morgan fingerprint density at radius 1 is 1.67 bits per heavy atom. The molecule has 0 aromatic heterocycles. The second-order valence-electron chi connectivity index (χ2n) is 1.70. The van der Waals surface area contributed by atoms with Crippen molar-refractivity contribution in [2.45, 2.75) is 19.0 Å². The van der Waals surface area contributed by atoms with Crippen LogP contribution in [0, 0.1) is 0 Å². The molecule has 0 aliphatic heterocycles. The Hall–Kier alpha value is -0.180. The Bertz CT molecular complexity index is 138. The molecule has 0 fully saturated rings. The minimum atomic E-state index is -4.14. The molecule has 0 aliphatic rings. The molecule has 0 spiro atoms. The van der Waals surface area contributed by atoms with E-state index >= 15 is 0 Å². The number of carbonyl (C=O) groups excluding carboxylic acids is 1. The van der Waals surface area contributed by atoms with Crippen LogP contribution in [0.3, 0.4) is 0 Å². The van der Waals surface area contributed by atoms with Gasteiger partial charge in [0.25, 0.3) is 0 Å². The van der Waals surface area contributed by atoms with E-state index in [-0.39, 0.29) is 6.42 Å². The Labute approximate surface area is 53.0 Å². The Kier molecular flexibility index (Phi) is 3.04. The molecular formula is C4H9O4P. The molecule has 0 amide bonds. The largest absolute Gasteiger partial charge is 0.335 e. The fraction of sp³-hybridized carbons (Fsp3) is 0.750. The van der Waals surface area contributed by atoms with E-state index in [0.29, 0.717) is 6.29 Å². The van der Waals surface area contributed by atoms with Crippen LogP contribution in [0.1, 0.15) is 13.3 Å². The normalized spacial score (nSPS) is 15.0. The molecular weight excluding hydrogens is 143 g/mol. The second-order valence-corrected chi connectivity index (χ2v) is 3.54. The molecule has 0 radical (unpaired) electrons. The minimum Gasteiger partial charge on any atom is -0.324 e. The highest BCUT2D eigenvalue weighted by Gasteiger charge is 2.25. The molecule has 54 valence electrons. The van der Waals surface area contributed by atoms with Gasteiger partial charge in [-0.3, -0.25) is 4.57 Å². The molecule has 1 atom stereocenters. The summed E-state index contributed by atoms with van der Waals surface area (Å²) < 4.78 is 10.3. The van der Waals surface area contributed by atoms with Crippen molar-refractivity contribution in [3.05, 3.63) is 0 Å². The van der Waals surface area contributed by atoms with Gasteiger partial charge in [0.1, 0.15) is 11.9 Å². The molecule has 0 aromatic carbocycles. The Morgan fingerprint density at radius 2 is 2.11 bits per heavy atom. The highest BCUT2D eigenvalue weighted by atomic mass is 31.2. The van der Waals surface area contributed by atoms with Crippen molar-refractivity contribution in [2.24, 2.45) is 0 Å². The minimum absolute atomic E-state index is 0.188. The average Bonchev–Trinajstić information content (AvgIpc) is 1.65. The molecule has 0 heterocycles. The van der Waals surface area contributed by atoms with Gasteiger partial charge in [-0.15, -0.1) is 0 Å². The maximum Gasteiger partial charge on any atom is 0.335 e. The van der Waals surface area contributed by atoms with Gasteiger partial charge in [0.05, 0.1) is 0 Å². The smallest absolute Gasteiger partial charge is 0.324 e. The molecule has 0 aromatic rings. The maximum atomic E-state index is 10.3. The highest BCUT2D eigenvalue weighted by molar-refractivity contribution is 7.53. The van der Waals surface area contributed by atoms with Gasteiger partial charge in [0, 0.05) is 0 Å². The Balaban J connectivity index is 4.12. The summed E-state index contributed by atoms with van der Waals surface area (Å²) in [6, 6.07) is 0. The lowest BCUT2D eigenvalue weighted by Crippen LogP contribution is -2.07. The van der Waals surface area contributed by atoms with Gasteiger partial charge in [-0.2, -0.15) is 0 Å². The van der Waals surface area contributed by atoms with Gasteiger partial charge in [-0.1, -0.05) is 6.92 Å². The van der Waals surface area contributed by atoms with Crippen molar-refractivity contribution in [2.75, 3.05) is 0 Å². The summed E-state index contributed by atoms with van der Waals surface area (Å²) in [5.41, 5.74) is -1.11. The van der Waals surface area contributed by atoms with E-state index in [1.807, 2.05) is 0 Å². The summed E-state index contributed by atoms with van der Waals surface area (Å²) >= 11 is 0. The average molecular weight is 152 g/mol. The molecule has 4 nitrogen and oxygen atoms in total. The molecule has 9 heavy (non-hydrogen) atoms. The lowest BCUT2D eigenvalue weighted by Gasteiger charge is -2.07. The fourth-order valence-corrected chi connectivity index (χ4v) is 1.05. The van der Waals surface area contributed by atoms with E-state index in [1.165, 1.54) is 0 Å². The van der Waals surface area contributed by atoms with Crippen molar-refractivity contribution < 1.29 is 19.1 Å². The van der Waals surface area contributed by atoms with Crippen LogP contribution >= 0.6 is 7.60 Å². The quantitative estimate of drug-likeness (QED) is 0.445. The summed E-state index contributed by atoms with van der Waals surface area (Å²) in [6.07, 6.45) is 0.481. The van der Waals surface area contributed by atoms with Gasteiger partial charge in [-0.05, 0) is 6.42 Å². The predicted octanol–water partition coefficient (Wildman–Crippen LogP) is 0.142. The zero-order valence-electron chi connectivity index (χ0n) is 5.02. The fourth-order valence-electron chi connectivity index (χ4n) is 0.413. The van der Waals surface area contributed by atoms with E-state index in [9.17, 15) is 9.36 Å². The molecule has 0 rings (SSSR count). The molecule has 5 heteroatoms. The summed E-state index contributed by atoms with van der Waals surface area (Å²) in [6.45, 7) is 1.55.